The fraction of sp³-hybridized carbons (Fsp3) is 0.556. The molecule has 2 aliphatic rings. The molecule has 0 N–H and O–H groups in total. The molecule has 0 bridgehead atoms. The first-order valence-electron chi connectivity index (χ1n) is 7.84. The quantitative estimate of drug-likeness (QED) is 0.699. The Kier molecular flexibility index (Phi) is 4.09. The van der Waals surface area contributed by atoms with Crippen LogP contribution in [-0.4, -0.2) is 6.61 Å². The predicted octanol–water partition coefficient (Wildman–Crippen LogP) is 5.13. The number of hydrogen-bond donors (Lipinski definition) is 0. The van der Waals surface area contributed by atoms with Crippen molar-refractivity contribution in [1.82, 2.24) is 0 Å². The van der Waals surface area contributed by atoms with Crippen molar-refractivity contribution >= 4 is 6.08 Å². The molecule has 0 radical (unpaired) electrons. The van der Waals surface area contributed by atoms with Crippen LogP contribution in [-0.2, 0) is 0 Å². The van der Waals surface area contributed by atoms with Crippen molar-refractivity contribution in [2.75, 3.05) is 6.61 Å². The van der Waals surface area contributed by atoms with Gasteiger partial charge in [0, 0.05) is 0 Å². The van der Waals surface area contributed by atoms with Crippen LogP contribution in [0.3, 0.4) is 0 Å². The number of rotatable bonds is 6. The van der Waals surface area contributed by atoms with Crippen LogP contribution in [0.4, 0.5) is 4.39 Å². The van der Waals surface area contributed by atoms with Gasteiger partial charge in [-0.2, -0.15) is 0 Å². The molecule has 1 aromatic carbocycles. The van der Waals surface area contributed by atoms with Gasteiger partial charge in [-0.05, 0) is 55.2 Å². The van der Waals surface area contributed by atoms with Crippen molar-refractivity contribution < 1.29 is 9.13 Å². The van der Waals surface area contributed by atoms with E-state index in [1.165, 1.54) is 32.1 Å². The fourth-order valence-corrected chi connectivity index (χ4v) is 2.61. The average Bonchev–Trinajstić information content (AvgIpc) is 3.20. The molecule has 0 unspecified atom stereocenters. The van der Waals surface area contributed by atoms with E-state index in [2.05, 4.69) is 6.08 Å². The summed E-state index contributed by atoms with van der Waals surface area (Å²) in [5, 5.41) is 0. The highest BCUT2D eigenvalue weighted by atomic mass is 19.1. The molecule has 0 aromatic heterocycles. The number of hydrogen-bond acceptors (Lipinski definition) is 1. The third-order valence-corrected chi connectivity index (χ3v) is 4.57. The monoisotopic (exact) mass is 274 g/mol. The highest BCUT2D eigenvalue weighted by molar-refractivity contribution is 5.56. The van der Waals surface area contributed by atoms with Gasteiger partial charge in [-0.1, -0.05) is 37.5 Å². The Labute approximate surface area is 120 Å². The van der Waals surface area contributed by atoms with Gasteiger partial charge in [0.05, 0.1) is 6.61 Å². The Balaban J connectivity index is 1.60. The molecule has 0 aliphatic heterocycles. The molecular formula is C18H23FO. The second-order valence-corrected chi connectivity index (χ2v) is 6.22. The SMILES string of the molecule is Cc1c(/C=C/C2CC2)ccc(OCCC2CCC2)c1F. The normalized spacial score (nSPS) is 19.3. The van der Waals surface area contributed by atoms with E-state index in [1.54, 1.807) is 6.07 Å². The van der Waals surface area contributed by atoms with Gasteiger partial charge in [-0.25, -0.2) is 4.39 Å². The maximum absolute atomic E-state index is 14.3. The summed E-state index contributed by atoms with van der Waals surface area (Å²) in [7, 11) is 0. The minimum atomic E-state index is -0.198. The molecule has 1 nitrogen and oxygen atoms in total. The molecule has 0 heterocycles. The van der Waals surface area contributed by atoms with Gasteiger partial charge in [-0.15, -0.1) is 0 Å². The van der Waals surface area contributed by atoms with Crippen LogP contribution in [0.15, 0.2) is 18.2 Å². The zero-order valence-electron chi connectivity index (χ0n) is 12.2. The number of benzene rings is 1. The van der Waals surface area contributed by atoms with Crippen LogP contribution in [0.5, 0.6) is 5.75 Å². The lowest BCUT2D eigenvalue weighted by Crippen LogP contribution is -2.14. The lowest BCUT2D eigenvalue weighted by molar-refractivity contribution is 0.216. The summed E-state index contributed by atoms with van der Waals surface area (Å²) in [6.07, 6.45) is 11.8. The van der Waals surface area contributed by atoms with Gasteiger partial charge in [0.1, 0.15) is 0 Å². The van der Waals surface area contributed by atoms with Crippen molar-refractivity contribution in [1.29, 1.82) is 0 Å². The molecule has 2 fully saturated rings. The largest absolute Gasteiger partial charge is 0.490 e. The number of ether oxygens (including phenoxy) is 1. The Morgan fingerprint density at radius 2 is 2.05 bits per heavy atom. The van der Waals surface area contributed by atoms with Crippen molar-refractivity contribution in [2.24, 2.45) is 11.8 Å². The number of allylic oxidation sites excluding steroid dienone is 1. The minimum absolute atomic E-state index is 0.198. The van der Waals surface area contributed by atoms with Crippen molar-refractivity contribution in [3.8, 4) is 5.75 Å². The van der Waals surface area contributed by atoms with Gasteiger partial charge in [0.25, 0.3) is 0 Å². The van der Waals surface area contributed by atoms with E-state index in [-0.39, 0.29) is 5.82 Å². The fourth-order valence-electron chi connectivity index (χ4n) is 2.61. The van der Waals surface area contributed by atoms with E-state index in [1.807, 2.05) is 19.1 Å². The summed E-state index contributed by atoms with van der Waals surface area (Å²) >= 11 is 0. The highest BCUT2D eigenvalue weighted by Gasteiger charge is 2.19. The third kappa shape index (κ3) is 3.23. The first-order valence-corrected chi connectivity index (χ1v) is 7.84. The smallest absolute Gasteiger partial charge is 0.168 e. The maximum atomic E-state index is 14.3. The predicted molar refractivity (Wildman–Crippen MR) is 80.3 cm³/mol. The Morgan fingerprint density at radius 3 is 2.70 bits per heavy atom. The van der Waals surface area contributed by atoms with E-state index in [0.29, 0.717) is 17.9 Å². The molecule has 2 aliphatic carbocycles. The minimum Gasteiger partial charge on any atom is -0.490 e. The Hall–Kier alpha value is -1.31. The second-order valence-electron chi connectivity index (χ2n) is 6.22. The average molecular weight is 274 g/mol. The summed E-state index contributed by atoms with van der Waals surface area (Å²) in [5.41, 5.74) is 1.67. The van der Waals surface area contributed by atoms with Crippen molar-refractivity contribution in [2.45, 2.75) is 45.4 Å². The van der Waals surface area contributed by atoms with E-state index in [4.69, 9.17) is 4.74 Å². The van der Waals surface area contributed by atoms with Crippen LogP contribution in [0.25, 0.3) is 6.08 Å². The van der Waals surface area contributed by atoms with E-state index in [9.17, 15) is 4.39 Å². The van der Waals surface area contributed by atoms with Crippen molar-refractivity contribution in [3.63, 3.8) is 0 Å². The highest BCUT2D eigenvalue weighted by Crippen LogP contribution is 2.32. The molecule has 0 amide bonds. The topological polar surface area (TPSA) is 9.23 Å². The molecule has 0 atom stereocenters. The van der Waals surface area contributed by atoms with E-state index in [0.717, 1.165) is 23.8 Å². The van der Waals surface area contributed by atoms with Gasteiger partial charge >= 0.3 is 0 Å². The molecular weight excluding hydrogens is 251 g/mol. The second kappa shape index (κ2) is 5.99. The summed E-state index contributed by atoms with van der Waals surface area (Å²) in [6.45, 7) is 2.47. The molecule has 0 saturated heterocycles. The first-order chi connectivity index (χ1) is 9.74. The van der Waals surface area contributed by atoms with Gasteiger partial charge in [-0.3, -0.25) is 0 Å². The lowest BCUT2D eigenvalue weighted by atomic mass is 9.83. The van der Waals surface area contributed by atoms with E-state index >= 15 is 0 Å². The maximum Gasteiger partial charge on any atom is 0.168 e. The molecule has 2 saturated carbocycles. The molecule has 1 aromatic rings. The van der Waals surface area contributed by atoms with Gasteiger partial charge in [0.2, 0.25) is 0 Å². The zero-order chi connectivity index (χ0) is 13.9. The zero-order valence-corrected chi connectivity index (χ0v) is 12.2. The van der Waals surface area contributed by atoms with Crippen molar-refractivity contribution in [3.05, 3.63) is 35.2 Å². The number of halogens is 1. The first kappa shape index (κ1) is 13.7. The Bertz CT molecular complexity index is 498. The van der Waals surface area contributed by atoms with Crippen LogP contribution in [0, 0.1) is 24.6 Å². The van der Waals surface area contributed by atoms with Crippen LogP contribution < -0.4 is 4.74 Å². The molecule has 2 heteroatoms. The lowest BCUT2D eigenvalue weighted by Gasteiger charge is -2.25. The van der Waals surface area contributed by atoms with Crippen LogP contribution >= 0.6 is 0 Å². The van der Waals surface area contributed by atoms with Gasteiger partial charge < -0.3 is 4.74 Å². The molecule has 108 valence electrons. The summed E-state index contributed by atoms with van der Waals surface area (Å²) in [4.78, 5) is 0. The standard InChI is InChI=1S/C18H23FO/c1-13-16(8-7-15-5-6-15)9-10-17(18(13)19)20-12-11-14-3-2-4-14/h7-10,14-15H,2-6,11-12H2,1H3/b8-7+. The molecule has 0 spiro atoms. The summed E-state index contributed by atoms with van der Waals surface area (Å²) in [5.74, 6) is 1.73. The third-order valence-electron chi connectivity index (χ3n) is 4.57. The van der Waals surface area contributed by atoms with Crippen LogP contribution in [0.2, 0.25) is 0 Å². The summed E-state index contributed by atoms with van der Waals surface area (Å²) < 4.78 is 19.9. The summed E-state index contributed by atoms with van der Waals surface area (Å²) in [6, 6.07) is 3.74. The molecule has 20 heavy (non-hydrogen) atoms. The molecule has 3 rings (SSSR count). The Morgan fingerprint density at radius 1 is 1.25 bits per heavy atom. The van der Waals surface area contributed by atoms with E-state index < -0.39 is 0 Å². The van der Waals surface area contributed by atoms with Crippen LogP contribution in [0.1, 0.15) is 49.7 Å². The van der Waals surface area contributed by atoms with Gasteiger partial charge in [0.15, 0.2) is 11.6 Å².